The molecule has 2 aromatic rings. The molecule has 0 radical (unpaired) electrons. The Bertz CT molecular complexity index is 2440. The second-order valence-electron chi connectivity index (χ2n) is 19.0. The number of imide groups is 1. The van der Waals surface area contributed by atoms with Crippen molar-refractivity contribution in [3.05, 3.63) is 108 Å². The summed E-state index contributed by atoms with van der Waals surface area (Å²) < 4.78 is 47.0. The third kappa shape index (κ3) is 7.91. The molecule has 4 N–H and O–H groups in total. The number of alkyl halides is 2. The highest BCUT2D eigenvalue weighted by molar-refractivity contribution is 7.98. The molecule has 2 aromatic carbocycles. The monoisotopic (exact) mass is 927 g/mol. The highest BCUT2D eigenvalue weighted by atomic mass is 32.2. The molecule has 6 aliphatic rings. The van der Waals surface area contributed by atoms with Crippen LogP contribution in [0.4, 0.5) is 14.5 Å². The van der Waals surface area contributed by atoms with E-state index in [0.29, 0.717) is 22.6 Å². The molecule has 2 aliphatic heterocycles. The Kier molecular flexibility index (Phi) is 12.8. The van der Waals surface area contributed by atoms with Crippen LogP contribution in [0.25, 0.3) is 0 Å². The maximum Gasteiger partial charge on any atom is 0.253 e. The van der Waals surface area contributed by atoms with Crippen molar-refractivity contribution in [2.24, 2.45) is 28.6 Å². The van der Waals surface area contributed by atoms with Gasteiger partial charge in [-0.2, -0.15) is 0 Å². The summed E-state index contributed by atoms with van der Waals surface area (Å²) in [7, 11) is 0. The maximum atomic E-state index is 17.8. The normalized spacial score (nSPS) is 33.9. The fourth-order valence-corrected chi connectivity index (χ4v) is 12.4. The van der Waals surface area contributed by atoms with Gasteiger partial charge in [0.05, 0.1) is 18.2 Å². The van der Waals surface area contributed by atoms with Gasteiger partial charge in [0.15, 0.2) is 29.1 Å². The molecule has 4 aliphatic carbocycles. The summed E-state index contributed by atoms with van der Waals surface area (Å²) in [5.41, 5.74) is -3.65. The largest absolute Gasteiger partial charge is 0.390 e. The van der Waals surface area contributed by atoms with E-state index < -0.39 is 101 Å². The number of Topliss-reactive ketones (excluding diaryl/α,β-unsaturated/α-hetero) is 2. The fraction of sp³-hybridized carbons (Fsp3) is 0.480. The predicted octanol–water partition coefficient (Wildman–Crippen LogP) is 5.96. The number of amides is 4. The molecule has 16 heteroatoms. The Morgan fingerprint density at radius 2 is 1.73 bits per heavy atom. The number of hydrogen-bond donors (Lipinski definition) is 4. The Morgan fingerprint density at radius 3 is 2.42 bits per heavy atom. The van der Waals surface area contributed by atoms with Crippen LogP contribution in [0.5, 0.6) is 0 Å². The molecule has 66 heavy (non-hydrogen) atoms. The zero-order valence-corrected chi connectivity index (χ0v) is 38.1. The molecule has 2 heterocycles. The van der Waals surface area contributed by atoms with Gasteiger partial charge in [0.1, 0.15) is 12.8 Å². The van der Waals surface area contributed by atoms with Crippen LogP contribution in [-0.2, 0) is 44.0 Å². The molecule has 0 spiro atoms. The van der Waals surface area contributed by atoms with Gasteiger partial charge >= 0.3 is 0 Å². The number of nitrogens with one attached hydrogen (secondary N) is 2. The summed E-state index contributed by atoms with van der Waals surface area (Å²) >= 11 is 1.52. The van der Waals surface area contributed by atoms with Gasteiger partial charge in [-0.25, -0.2) is 8.78 Å². The maximum absolute atomic E-state index is 17.8. The summed E-state index contributed by atoms with van der Waals surface area (Å²) in [5.74, 6) is -4.58. The van der Waals surface area contributed by atoms with E-state index in [-0.39, 0.29) is 55.9 Å². The molecule has 1 saturated heterocycles. The van der Waals surface area contributed by atoms with E-state index in [4.69, 9.17) is 9.47 Å². The van der Waals surface area contributed by atoms with Crippen molar-refractivity contribution in [2.75, 3.05) is 18.5 Å². The van der Waals surface area contributed by atoms with Gasteiger partial charge in [0.25, 0.3) is 11.8 Å². The molecule has 4 amide bonds. The minimum Gasteiger partial charge on any atom is -0.390 e. The second-order valence-corrected chi connectivity index (χ2v) is 20.0. The Balaban J connectivity index is 0.862. The van der Waals surface area contributed by atoms with Crippen LogP contribution in [0.3, 0.4) is 0 Å². The standard InChI is InChI=1S/C50H55F2N3O10S/c1-27-15-17-47(4)36(19-27)37(51)22-35-34-23-41-50(40(59)25-56,48(34,5)24-39(58)49(35,47)52)65-46(64-41)31-11-9-30(10-12-31)26-66-33-8-6-7-32(21-33)54-45(63)28(2)20-38(57)29(3)53-42(60)16-18-55-43(61)13-14-44(55)62/h6-15,17,19,21,28-29,34-35,37,39,41,46,56,58H,1,16,18,20,22-26H2,2-5H3,(H,53,60)(H,54,63)/t28-,29+,34+,35+,37+,39+,41-,46-,47+,48+,49+,50-/m1/s1. The third-order valence-electron chi connectivity index (χ3n) is 15.1. The molecule has 0 aromatic heterocycles. The third-order valence-corrected chi connectivity index (χ3v) is 16.1. The summed E-state index contributed by atoms with van der Waals surface area (Å²) in [5, 5.41) is 27.6. The Labute approximate surface area is 386 Å². The first-order valence-electron chi connectivity index (χ1n) is 22.3. The predicted molar refractivity (Wildman–Crippen MR) is 240 cm³/mol. The van der Waals surface area contributed by atoms with Gasteiger partial charge in [0.2, 0.25) is 11.8 Å². The lowest BCUT2D eigenvalue weighted by atomic mass is 9.44. The van der Waals surface area contributed by atoms with Crippen LogP contribution in [0.15, 0.2) is 102 Å². The number of aliphatic hydroxyl groups is 2. The van der Waals surface area contributed by atoms with Crippen LogP contribution in [0.1, 0.15) is 77.2 Å². The molecule has 12 atom stereocenters. The molecule has 8 rings (SSSR count). The van der Waals surface area contributed by atoms with E-state index in [9.17, 15) is 39.0 Å². The number of nitrogens with zero attached hydrogens (tertiary/aromatic N) is 1. The van der Waals surface area contributed by atoms with Crippen molar-refractivity contribution in [3.8, 4) is 0 Å². The lowest BCUT2D eigenvalue weighted by Gasteiger charge is -2.63. The summed E-state index contributed by atoms with van der Waals surface area (Å²) in [6.07, 6.45) is 1.71. The van der Waals surface area contributed by atoms with Gasteiger partial charge in [-0.1, -0.05) is 69.0 Å². The van der Waals surface area contributed by atoms with Crippen molar-refractivity contribution in [1.29, 1.82) is 0 Å². The number of carbonyl (C=O) groups excluding carboxylic acids is 6. The first-order valence-corrected chi connectivity index (χ1v) is 23.3. The summed E-state index contributed by atoms with van der Waals surface area (Å²) in [6.45, 7) is 9.48. The van der Waals surface area contributed by atoms with Crippen molar-refractivity contribution in [3.63, 3.8) is 0 Å². The van der Waals surface area contributed by atoms with Crippen LogP contribution >= 0.6 is 11.8 Å². The van der Waals surface area contributed by atoms with Crippen LogP contribution in [-0.4, -0.2) is 99.2 Å². The van der Waals surface area contributed by atoms with Crippen LogP contribution in [0.2, 0.25) is 0 Å². The van der Waals surface area contributed by atoms with E-state index >= 15 is 8.78 Å². The van der Waals surface area contributed by atoms with Gasteiger partial charge in [0, 0.05) is 76.1 Å². The first-order chi connectivity index (χ1) is 31.2. The number of thioether (sulfide) groups is 1. The van der Waals surface area contributed by atoms with Crippen molar-refractivity contribution in [2.45, 2.75) is 112 Å². The molecule has 3 saturated carbocycles. The quantitative estimate of drug-likeness (QED) is 0.122. The number of ketones is 2. The number of carbonyl (C=O) groups is 6. The lowest BCUT2D eigenvalue weighted by molar-refractivity contribution is -0.235. The fourth-order valence-electron chi connectivity index (χ4n) is 11.5. The number of anilines is 1. The number of halogens is 2. The lowest BCUT2D eigenvalue weighted by Crippen LogP contribution is -2.70. The Morgan fingerprint density at radius 1 is 1.02 bits per heavy atom. The SMILES string of the molecule is C=C1C=C[C@@]2(C)C(=C1)[C@@H](F)C[C@H]1[C@@H]3C[C@H]4O[C@@H](c5ccc(CSc6cccc(NC(=O)[C@H](C)CC(=O)[C@H](C)NC(=O)CCN7C(=O)C=CC7=O)c6)cc5)O[C@@]4(C(=O)CO)[C@@]3(C)C[C@H](O)[C@@]12F. The second kappa shape index (κ2) is 17.8. The number of rotatable bonds is 15. The number of ether oxygens (including phenoxy) is 2. The average molecular weight is 928 g/mol. The molecular formula is C50H55F2N3O10S. The minimum atomic E-state index is -2.24. The molecular weight excluding hydrogens is 873 g/mol. The van der Waals surface area contributed by atoms with Crippen molar-refractivity contribution < 1.29 is 57.2 Å². The van der Waals surface area contributed by atoms with Crippen molar-refractivity contribution >= 4 is 52.6 Å². The van der Waals surface area contributed by atoms with Gasteiger partial charge in [-0.15, -0.1) is 11.8 Å². The number of fused-ring (bicyclic) bond motifs is 7. The van der Waals surface area contributed by atoms with E-state index in [1.54, 1.807) is 51.1 Å². The number of aliphatic hydroxyl groups excluding tert-OH is 2. The highest BCUT2D eigenvalue weighted by Gasteiger charge is 2.80. The molecule has 13 nitrogen and oxygen atoms in total. The number of benzene rings is 2. The molecule has 0 unspecified atom stereocenters. The van der Waals surface area contributed by atoms with Crippen LogP contribution in [0, 0.1) is 28.6 Å². The zero-order chi connectivity index (χ0) is 47.5. The molecule has 4 fully saturated rings. The molecule has 350 valence electrons. The number of allylic oxidation sites excluding steroid dienone is 5. The van der Waals surface area contributed by atoms with Crippen molar-refractivity contribution in [1.82, 2.24) is 10.2 Å². The van der Waals surface area contributed by atoms with Gasteiger partial charge in [-0.3, -0.25) is 33.7 Å². The minimum absolute atomic E-state index is 0.107. The first kappa shape index (κ1) is 47.4. The zero-order valence-electron chi connectivity index (χ0n) is 37.3. The summed E-state index contributed by atoms with van der Waals surface area (Å²) in [4.78, 5) is 77.5. The van der Waals surface area contributed by atoms with Crippen LogP contribution < -0.4 is 10.6 Å². The van der Waals surface area contributed by atoms with Gasteiger partial charge in [-0.05, 0) is 73.9 Å². The van der Waals surface area contributed by atoms with E-state index in [1.807, 2.05) is 36.4 Å². The Hall–Kier alpha value is -5.13. The van der Waals surface area contributed by atoms with E-state index in [0.717, 1.165) is 27.5 Å². The van der Waals surface area contributed by atoms with E-state index in [1.165, 1.54) is 18.7 Å². The highest BCUT2D eigenvalue weighted by Crippen LogP contribution is 2.72. The topological polar surface area (TPSA) is 189 Å². The van der Waals surface area contributed by atoms with E-state index in [2.05, 4.69) is 17.2 Å². The molecule has 0 bridgehead atoms. The smallest absolute Gasteiger partial charge is 0.253 e. The van der Waals surface area contributed by atoms with Gasteiger partial charge < -0.3 is 30.3 Å². The number of hydrogen-bond acceptors (Lipinski definition) is 11. The summed E-state index contributed by atoms with van der Waals surface area (Å²) in [6, 6.07) is 13.8. The average Bonchev–Trinajstić information content (AvgIpc) is 3.91.